The van der Waals surface area contributed by atoms with Crippen LogP contribution in [0.2, 0.25) is 0 Å². The SMILES string of the molecule is CC.CCC.COc1cccc(C(O)c2c(C)cccc2N)c1OC. The predicted octanol–water partition coefficient (Wildman–Crippen LogP) is 5.12. The molecule has 3 N–H and O–H groups in total. The first-order valence-corrected chi connectivity index (χ1v) is 8.75. The number of nitrogen functional groups attached to an aromatic ring is 1. The highest BCUT2D eigenvalue weighted by atomic mass is 16.5. The number of aliphatic hydroxyl groups is 1. The number of aliphatic hydroxyl groups excluding tert-OH is 1. The Kier molecular flexibility index (Phi) is 11.1. The third-order valence-electron chi connectivity index (χ3n) is 3.36. The average molecular weight is 347 g/mol. The van der Waals surface area contributed by atoms with Crippen molar-refractivity contribution in [3.05, 3.63) is 53.1 Å². The number of aryl methyl sites for hydroxylation is 1. The topological polar surface area (TPSA) is 64.7 Å². The van der Waals surface area contributed by atoms with Gasteiger partial charge in [0.15, 0.2) is 11.5 Å². The molecule has 0 radical (unpaired) electrons. The number of para-hydroxylation sites is 1. The second kappa shape index (κ2) is 12.2. The van der Waals surface area contributed by atoms with Crippen LogP contribution in [0.15, 0.2) is 36.4 Å². The van der Waals surface area contributed by atoms with Crippen LogP contribution in [0.1, 0.15) is 56.9 Å². The summed E-state index contributed by atoms with van der Waals surface area (Å²) in [6.07, 6.45) is 0.390. The Balaban J connectivity index is 0.00000104. The van der Waals surface area contributed by atoms with Crippen LogP contribution in [0.5, 0.6) is 11.5 Å². The first-order valence-electron chi connectivity index (χ1n) is 8.75. The van der Waals surface area contributed by atoms with Crippen LogP contribution < -0.4 is 15.2 Å². The van der Waals surface area contributed by atoms with E-state index in [1.807, 2.05) is 39.0 Å². The molecule has 0 fully saturated rings. The van der Waals surface area contributed by atoms with Crippen LogP contribution >= 0.6 is 0 Å². The molecular formula is C21H33NO3. The second-order valence-corrected chi connectivity index (χ2v) is 5.27. The van der Waals surface area contributed by atoms with Crippen molar-refractivity contribution in [1.29, 1.82) is 0 Å². The number of hydrogen-bond donors (Lipinski definition) is 2. The first-order chi connectivity index (χ1) is 12.0. The minimum atomic E-state index is -0.860. The number of anilines is 1. The van der Waals surface area contributed by atoms with Gasteiger partial charge in [-0.25, -0.2) is 0 Å². The van der Waals surface area contributed by atoms with Gasteiger partial charge in [-0.2, -0.15) is 0 Å². The Morgan fingerprint density at radius 1 is 1.00 bits per heavy atom. The number of methoxy groups -OCH3 is 2. The standard InChI is InChI=1S/C16H19NO3.C3H8.C2H6/c1-10-6-4-8-12(17)14(10)15(18)11-7-5-9-13(19-2)16(11)20-3;1-3-2;1-2/h4-9,15,18H,17H2,1-3H3;3H2,1-2H3;1-2H3. The van der Waals surface area contributed by atoms with E-state index in [0.717, 1.165) is 5.56 Å². The lowest BCUT2D eigenvalue weighted by molar-refractivity contribution is 0.213. The van der Waals surface area contributed by atoms with Gasteiger partial charge < -0.3 is 20.3 Å². The van der Waals surface area contributed by atoms with Gasteiger partial charge in [-0.3, -0.25) is 0 Å². The molecule has 0 aromatic heterocycles. The van der Waals surface area contributed by atoms with Crippen molar-refractivity contribution in [2.45, 2.75) is 47.1 Å². The normalized spacial score (nSPS) is 10.6. The summed E-state index contributed by atoms with van der Waals surface area (Å²) in [6, 6.07) is 11.0. The molecule has 0 spiro atoms. The van der Waals surface area contributed by atoms with Crippen LogP contribution in [-0.4, -0.2) is 19.3 Å². The van der Waals surface area contributed by atoms with E-state index in [1.165, 1.54) is 6.42 Å². The van der Waals surface area contributed by atoms with E-state index in [1.54, 1.807) is 32.4 Å². The monoisotopic (exact) mass is 347 g/mol. The van der Waals surface area contributed by atoms with E-state index in [4.69, 9.17) is 15.2 Å². The number of benzene rings is 2. The van der Waals surface area contributed by atoms with Crippen molar-refractivity contribution < 1.29 is 14.6 Å². The van der Waals surface area contributed by atoms with Crippen LogP contribution in [0, 0.1) is 6.92 Å². The van der Waals surface area contributed by atoms with Crippen molar-refractivity contribution in [1.82, 2.24) is 0 Å². The van der Waals surface area contributed by atoms with Crippen LogP contribution in [0.4, 0.5) is 5.69 Å². The maximum absolute atomic E-state index is 10.7. The van der Waals surface area contributed by atoms with Gasteiger partial charge in [0, 0.05) is 16.8 Å². The van der Waals surface area contributed by atoms with E-state index < -0.39 is 6.10 Å². The molecule has 2 rings (SSSR count). The molecule has 2 aromatic carbocycles. The van der Waals surface area contributed by atoms with Gasteiger partial charge in [0.2, 0.25) is 0 Å². The predicted molar refractivity (Wildman–Crippen MR) is 107 cm³/mol. The minimum absolute atomic E-state index is 0.519. The van der Waals surface area contributed by atoms with Crippen molar-refractivity contribution in [3.8, 4) is 11.5 Å². The average Bonchev–Trinajstić information content (AvgIpc) is 2.63. The van der Waals surface area contributed by atoms with Crippen LogP contribution in [0.3, 0.4) is 0 Å². The van der Waals surface area contributed by atoms with E-state index in [2.05, 4.69) is 13.8 Å². The Labute approximate surface area is 152 Å². The fraction of sp³-hybridized carbons (Fsp3) is 0.429. The molecule has 0 amide bonds. The summed E-state index contributed by atoms with van der Waals surface area (Å²) in [5.74, 6) is 1.10. The second-order valence-electron chi connectivity index (χ2n) is 5.27. The number of nitrogens with two attached hydrogens (primary N) is 1. The third-order valence-corrected chi connectivity index (χ3v) is 3.36. The third kappa shape index (κ3) is 5.98. The lowest BCUT2D eigenvalue weighted by atomic mass is 9.95. The summed E-state index contributed by atoms with van der Waals surface area (Å²) >= 11 is 0. The van der Waals surface area contributed by atoms with Gasteiger partial charge in [0.05, 0.1) is 14.2 Å². The highest BCUT2D eigenvalue weighted by Crippen LogP contribution is 2.39. The molecule has 0 aliphatic carbocycles. The summed E-state index contributed by atoms with van der Waals surface area (Å²) in [5, 5.41) is 10.7. The van der Waals surface area contributed by atoms with Crippen molar-refractivity contribution in [2.75, 3.05) is 20.0 Å². The lowest BCUT2D eigenvalue weighted by Crippen LogP contribution is -2.08. The Hall–Kier alpha value is -2.20. The van der Waals surface area contributed by atoms with Gasteiger partial charge in [-0.1, -0.05) is 58.4 Å². The maximum atomic E-state index is 10.7. The Morgan fingerprint density at radius 2 is 1.56 bits per heavy atom. The molecule has 1 atom stereocenters. The summed E-state index contributed by atoms with van der Waals surface area (Å²) in [5.41, 5.74) is 8.81. The zero-order valence-corrected chi connectivity index (χ0v) is 16.6. The number of ether oxygens (including phenoxy) is 2. The van der Waals surface area contributed by atoms with E-state index >= 15 is 0 Å². The minimum Gasteiger partial charge on any atom is -0.493 e. The van der Waals surface area contributed by atoms with Crippen molar-refractivity contribution in [3.63, 3.8) is 0 Å². The zero-order valence-electron chi connectivity index (χ0n) is 16.6. The lowest BCUT2D eigenvalue weighted by Gasteiger charge is -2.20. The van der Waals surface area contributed by atoms with E-state index in [-0.39, 0.29) is 0 Å². The van der Waals surface area contributed by atoms with Crippen molar-refractivity contribution in [2.24, 2.45) is 0 Å². The summed E-state index contributed by atoms with van der Waals surface area (Å²) in [6.45, 7) is 10.2. The fourth-order valence-electron chi connectivity index (χ4n) is 2.36. The van der Waals surface area contributed by atoms with Gasteiger partial charge in [-0.15, -0.1) is 0 Å². The van der Waals surface area contributed by atoms with Gasteiger partial charge in [0.25, 0.3) is 0 Å². The molecule has 4 nitrogen and oxygen atoms in total. The molecule has 140 valence electrons. The molecular weight excluding hydrogens is 314 g/mol. The number of rotatable bonds is 4. The number of hydrogen-bond acceptors (Lipinski definition) is 4. The van der Waals surface area contributed by atoms with Crippen LogP contribution in [-0.2, 0) is 0 Å². The summed E-state index contributed by atoms with van der Waals surface area (Å²) < 4.78 is 10.6. The van der Waals surface area contributed by atoms with Gasteiger partial charge in [-0.05, 0) is 24.6 Å². The van der Waals surface area contributed by atoms with E-state index in [0.29, 0.717) is 28.3 Å². The first kappa shape index (κ1) is 22.8. The molecule has 0 saturated heterocycles. The molecule has 0 saturated carbocycles. The molecule has 0 aliphatic heterocycles. The zero-order chi connectivity index (χ0) is 19.4. The maximum Gasteiger partial charge on any atom is 0.166 e. The fourth-order valence-corrected chi connectivity index (χ4v) is 2.36. The summed E-state index contributed by atoms with van der Waals surface area (Å²) in [7, 11) is 3.12. The molecule has 25 heavy (non-hydrogen) atoms. The van der Waals surface area contributed by atoms with Crippen molar-refractivity contribution >= 4 is 5.69 Å². The quantitative estimate of drug-likeness (QED) is 0.754. The smallest absolute Gasteiger partial charge is 0.166 e. The molecule has 2 aromatic rings. The Bertz CT molecular complexity index is 606. The summed E-state index contributed by atoms with van der Waals surface area (Å²) in [4.78, 5) is 0. The van der Waals surface area contributed by atoms with Gasteiger partial charge >= 0.3 is 0 Å². The molecule has 0 aliphatic rings. The highest BCUT2D eigenvalue weighted by Gasteiger charge is 2.21. The largest absolute Gasteiger partial charge is 0.493 e. The molecule has 0 bridgehead atoms. The van der Waals surface area contributed by atoms with Crippen LogP contribution in [0.25, 0.3) is 0 Å². The Morgan fingerprint density at radius 3 is 2.04 bits per heavy atom. The molecule has 1 unspecified atom stereocenters. The molecule has 4 heteroatoms. The highest BCUT2D eigenvalue weighted by molar-refractivity contribution is 5.57. The molecule has 0 heterocycles. The van der Waals surface area contributed by atoms with E-state index in [9.17, 15) is 5.11 Å². The van der Waals surface area contributed by atoms with Gasteiger partial charge in [0.1, 0.15) is 6.10 Å².